The number of hydrogen-bond acceptors (Lipinski definition) is 4. The van der Waals surface area contributed by atoms with E-state index in [9.17, 15) is 0 Å². The summed E-state index contributed by atoms with van der Waals surface area (Å²) in [7, 11) is 0. The zero-order chi connectivity index (χ0) is 8.53. The van der Waals surface area contributed by atoms with Crippen molar-refractivity contribution in [2.75, 3.05) is 13.1 Å². The minimum Gasteiger partial charge on any atom is -0.386 e. The Morgan fingerprint density at radius 3 is 2.82 bits per heavy atom. The molecule has 0 spiro atoms. The van der Waals surface area contributed by atoms with Gasteiger partial charge in [0.25, 0.3) is 0 Å². The molecule has 0 fully saturated rings. The highest BCUT2D eigenvalue weighted by molar-refractivity contribution is 5.01. The molecule has 4 nitrogen and oxygen atoms in total. The summed E-state index contributed by atoms with van der Waals surface area (Å²) in [4.78, 5) is 0. The third-order valence-electron chi connectivity index (χ3n) is 1.07. The lowest BCUT2D eigenvalue weighted by Crippen LogP contribution is -2.30. The van der Waals surface area contributed by atoms with Gasteiger partial charge in [-0.15, -0.1) is 0 Å². The molecule has 0 aromatic rings. The molecule has 64 valence electrons. The van der Waals surface area contributed by atoms with E-state index in [4.69, 9.17) is 5.84 Å². The first-order valence-corrected chi connectivity index (χ1v) is 3.58. The van der Waals surface area contributed by atoms with E-state index in [1.807, 2.05) is 13.1 Å². The van der Waals surface area contributed by atoms with Crippen LogP contribution in [0.4, 0.5) is 0 Å². The van der Waals surface area contributed by atoms with Crippen LogP contribution < -0.4 is 21.9 Å². The van der Waals surface area contributed by atoms with Crippen LogP contribution in [0.1, 0.15) is 6.92 Å². The number of rotatable bonds is 6. The molecule has 0 aliphatic rings. The largest absolute Gasteiger partial charge is 0.386 e. The highest BCUT2D eigenvalue weighted by Crippen LogP contribution is 1.81. The summed E-state index contributed by atoms with van der Waals surface area (Å²) >= 11 is 0. The molecule has 4 heteroatoms. The molecule has 0 atom stereocenters. The lowest BCUT2D eigenvalue weighted by molar-refractivity contribution is 0.717. The summed E-state index contributed by atoms with van der Waals surface area (Å²) in [6, 6.07) is 0. The second-order valence-electron chi connectivity index (χ2n) is 1.95. The van der Waals surface area contributed by atoms with Crippen molar-refractivity contribution in [3.8, 4) is 0 Å². The fourth-order valence-electron chi connectivity index (χ4n) is 0.661. The molecule has 0 bridgehead atoms. The SMILES string of the molecule is C=CN/C=C(/CNN)NCC. The second-order valence-corrected chi connectivity index (χ2v) is 1.95. The first kappa shape index (κ1) is 10.0. The van der Waals surface area contributed by atoms with E-state index in [-0.39, 0.29) is 0 Å². The molecule has 0 unspecified atom stereocenters. The topological polar surface area (TPSA) is 62.1 Å². The van der Waals surface area contributed by atoms with E-state index in [0.29, 0.717) is 6.54 Å². The predicted molar refractivity (Wildman–Crippen MR) is 47.3 cm³/mol. The van der Waals surface area contributed by atoms with Gasteiger partial charge in [0.15, 0.2) is 0 Å². The van der Waals surface area contributed by atoms with Gasteiger partial charge >= 0.3 is 0 Å². The Morgan fingerprint density at radius 1 is 1.64 bits per heavy atom. The molecular formula is C7H16N4. The van der Waals surface area contributed by atoms with E-state index in [2.05, 4.69) is 22.6 Å². The van der Waals surface area contributed by atoms with Gasteiger partial charge < -0.3 is 10.6 Å². The molecule has 11 heavy (non-hydrogen) atoms. The minimum absolute atomic E-state index is 0.620. The third-order valence-corrected chi connectivity index (χ3v) is 1.07. The zero-order valence-corrected chi connectivity index (χ0v) is 6.85. The van der Waals surface area contributed by atoms with Gasteiger partial charge in [-0.3, -0.25) is 11.3 Å². The van der Waals surface area contributed by atoms with Crippen LogP contribution in [0.25, 0.3) is 0 Å². The molecular weight excluding hydrogens is 140 g/mol. The first-order valence-electron chi connectivity index (χ1n) is 3.58. The maximum atomic E-state index is 5.15. The second kappa shape index (κ2) is 7.11. The molecule has 0 aromatic heterocycles. The molecule has 0 aliphatic heterocycles. The fraction of sp³-hybridized carbons (Fsp3) is 0.429. The molecule has 5 N–H and O–H groups in total. The third kappa shape index (κ3) is 5.44. The predicted octanol–water partition coefficient (Wildman–Crippen LogP) is -0.366. The molecule has 0 radical (unpaired) electrons. The van der Waals surface area contributed by atoms with Crippen molar-refractivity contribution in [3.05, 3.63) is 24.7 Å². The summed E-state index contributed by atoms with van der Waals surface area (Å²) in [6.07, 6.45) is 3.42. The Labute approximate surface area is 67.5 Å². The maximum Gasteiger partial charge on any atom is 0.0511 e. The zero-order valence-electron chi connectivity index (χ0n) is 6.85. The van der Waals surface area contributed by atoms with Crippen molar-refractivity contribution in [2.45, 2.75) is 6.92 Å². The van der Waals surface area contributed by atoms with Crippen LogP contribution >= 0.6 is 0 Å². The molecule has 0 saturated carbocycles. The van der Waals surface area contributed by atoms with Crippen LogP contribution in [-0.4, -0.2) is 13.1 Å². The highest BCUT2D eigenvalue weighted by atomic mass is 15.2. The molecule has 0 amide bonds. The lowest BCUT2D eigenvalue weighted by atomic mass is 10.4. The Morgan fingerprint density at radius 2 is 2.36 bits per heavy atom. The van der Waals surface area contributed by atoms with E-state index < -0.39 is 0 Å². The normalized spacial score (nSPS) is 10.9. The average Bonchev–Trinajstić information content (AvgIpc) is 2.01. The lowest BCUT2D eigenvalue weighted by Gasteiger charge is -2.07. The monoisotopic (exact) mass is 156 g/mol. The molecule has 0 heterocycles. The van der Waals surface area contributed by atoms with Crippen LogP contribution in [0, 0.1) is 0 Å². The number of hydrogen-bond donors (Lipinski definition) is 4. The van der Waals surface area contributed by atoms with Gasteiger partial charge in [0.1, 0.15) is 0 Å². The van der Waals surface area contributed by atoms with Gasteiger partial charge in [-0.05, 0) is 13.1 Å². The van der Waals surface area contributed by atoms with Crippen LogP contribution in [0.3, 0.4) is 0 Å². The van der Waals surface area contributed by atoms with E-state index in [1.165, 1.54) is 0 Å². The van der Waals surface area contributed by atoms with Crippen molar-refractivity contribution in [1.29, 1.82) is 0 Å². The highest BCUT2D eigenvalue weighted by Gasteiger charge is 1.90. The standard InChI is InChI=1S/C7H16N4/c1-3-9-5-7(6-11-8)10-4-2/h3,5,9-11H,1,4,6,8H2,2H3/b7-5-. The summed E-state index contributed by atoms with van der Waals surface area (Å²) < 4.78 is 0. The van der Waals surface area contributed by atoms with Crippen molar-refractivity contribution in [1.82, 2.24) is 16.1 Å². The smallest absolute Gasteiger partial charge is 0.0511 e. The van der Waals surface area contributed by atoms with E-state index in [1.54, 1.807) is 6.20 Å². The first-order chi connectivity index (χ1) is 5.35. The van der Waals surface area contributed by atoms with Gasteiger partial charge in [-0.1, -0.05) is 6.58 Å². The number of likely N-dealkylation sites (N-methyl/N-ethyl adjacent to an activating group) is 1. The summed E-state index contributed by atoms with van der Waals surface area (Å²) in [5.41, 5.74) is 3.57. The van der Waals surface area contributed by atoms with Crippen LogP contribution in [-0.2, 0) is 0 Å². The van der Waals surface area contributed by atoms with Crippen molar-refractivity contribution >= 4 is 0 Å². The van der Waals surface area contributed by atoms with Gasteiger partial charge in [0, 0.05) is 18.4 Å². The van der Waals surface area contributed by atoms with Crippen molar-refractivity contribution in [3.63, 3.8) is 0 Å². The van der Waals surface area contributed by atoms with Gasteiger partial charge in [0.05, 0.1) is 6.54 Å². The van der Waals surface area contributed by atoms with Crippen LogP contribution in [0.2, 0.25) is 0 Å². The number of nitrogens with one attached hydrogen (secondary N) is 3. The number of hydrazine groups is 1. The van der Waals surface area contributed by atoms with Gasteiger partial charge in [-0.25, -0.2) is 0 Å². The summed E-state index contributed by atoms with van der Waals surface area (Å²) in [6.45, 7) is 7.04. The van der Waals surface area contributed by atoms with Crippen molar-refractivity contribution < 1.29 is 0 Å². The van der Waals surface area contributed by atoms with E-state index >= 15 is 0 Å². The van der Waals surface area contributed by atoms with Crippen LogP contribution in [0.15, 0.2) is 24.7 Å². The Hall–Kier alpha value is -1.00. The molecule has 0 aliphatic carbocycles. The Balaban J connectivity index is 3.74. The Kier molecular flexibility index (Phi) is 6.46. The van der Waals surface area contributed by atoms with E-state index in [0.717, 1.165) is 12.2 Å². The quantitative estimate of drug-likeness (QED) is 0.313. The fourth-order valence-corrected chi connectivity index (χ4v) is 0.661. The molecule has 0 saturated heterocycles. The maximum absolute atomic E-state index is 5.15. The average molecular weight is 156 g/mol. The van der Waals surface area contributed by atoms with Gasteiger partial charge in [0.2, 0.25) is 0 Å². The Bertz CT molecular complexity index is 122. The van der Waals surface area contributed by atoms with Crippen LogP contribution in [0.5, 0.6) is 0 Å². The number of nitrogens with two attached hydrogens (primary N) is 1. The molecule has 0 rings (SSSR count). The summed E-state index contributed by atoms with van der Waals surface area (Å²) in [5, 5.41) is 5.99. The van der Waals surface area contributed by atoms with Gasteiger partial charge in [-0.2, -0.15) is 0 Å². The molecule has 0 aromatic carbocycles. The summed E-state index contributed by atoms with van der Waals surface area (Å²) in [5.74, 6) is 5.15. The minimum atomic E-state index is 0.620. The van der Waals surface area contributed by atoms with Crippen molar-refractivity contribution in [2.24, 2.45) is 5.84 Å².